The zero-order valence-corrected chi connectivity index (χ0v) is 16.9. The lowest BCUT2D eigenvalue weighted by Crippen LogP contribution is -2.47. The predicted molar refractivity (Wildman–Crippen MR) is 102 cm³/mol. The van der Waals surface area contributed by atoms with Crippen LogP contribution in [0.2, 0.25) is 0 Å². The molecule has 6 atom stereocenters. The van der Waals surface area contributed by atoms with Crippen LogP contribution in [0.3, 0.4) is 0 Å². The average Bonchev–Trinajstić information content (AvgIpc) is 2.90. The van der Waals surface area contributed by atoms with Crippen molar-refractivity contribution < 1.29 is 9.59 Å². The van der Waals surface area contributed by atoms with Crippen molar-refractivity contribution in [3.8, 4) is 0 Å². The summed E-state index contributed by atoms with van der Waals surface area (Å²) in [5.41, 5.74) is 1.80. The smallest absolute Gasteiger partial charge is 0.155 e. The number of hydrogen-bond donors (Lipinski definition) is 0. The third-order valence-electron chi connectivity index (χ3n) is 8.46. The Balaban J connectivity index is 1.89. The number of ketones is 2. The van der Waals surface area contributed by atoms with E-state index in [9.17, 15) is 9.59 Å². The summed E-state index contributed by atoms with van der Waals surface area (Å²) in [5, 5.41) is 0. The fraction of sp³-hybridized carbons (Fsp3) is 0.826. The molecule has 3 rings (SSSR count). The summed E-state index contributed by atoms with van der Waals surface area (Å²) in [6.07, 6.45) is 10.6. The molecule has 2 heteroatoms. The lowest BCUT2D eigenvalue weighted by Gasteiger charge is -2.54. The fourth-order valence-corrected chi connectivity index (χ4v) is 7.09. The minimum absolute atomic E-state index is 0.180. The van der Waals surface area contributed by atoms with E-state index in [-0.39, 0.29) is 16.7 Å². The van der Waals surface area contributed by atoms with Crippen LogP contribution in [0.1, 0.15) is 86.0 Å². The quantitative estimate of drug-likeness (QED) is 0.650. The van der Waals surface area contributed by atoms with Crippen molar-refractivity contribution in [3.05, 3.63) is 11.6 Å². The standard InChI is InChI=1S/C23H36O2/c1-6-7-17-14-18(25)10-12-22(17,4)20-11-13-23(5)19(15(20)2)8-9-21(23)16(3)24/h14-15,19-21H,6-13H2,1-5H3/t15?,19?,20?,21-,22+,23+/m1/s1. The van der Waals surface area contributed by atoms with Crippen LogP contribution in [0.5, 0.6) is 0 Å². The van der Waals surface area contributed by atoms with E-state index in [1.165, 1.54) is 24.8 Å². The highest BCUT2D eigenvalue weighted by Crippen LogP contribution is 2.63. The highest BCUT2D eigenvalue weighted by atomic mass is 16.1. The number of carbonyl (C=O) groups is 2. The van der Waals surface area contributed by atoms with Gasteiger partial charge in [-0.3, -0.25) is 9.59 Å². The van der Waals surface area contributed by atoms with Crippen molar-refractivity contribution in [1.82, 2.24) is 0 Å². The normalized spacial score (nSPS) is 44.4. The molecule has 2 saturated carbocycles. The molecule has 0 bridgehead atoms. The lowest BCUT2D eigenvalue weighted by molar-refractivity contribution is -0.127. The number of allylic oxidation sites excluding steroid dienone is 2. The van der Waals surface area contributed by atoms with Crippen molar-refractivity contribution in [2.45, 2.75) is 86.0 Å². The first-order valence-electron chi connectivity index (χ1n) is 10.5. The Morgan fingerprint density at radius 3 is 2.52 bits per heavy atom. The molecule has 0 aromatic heterocycles. The molecule has 2 fully saturated rings. The minimum Gasteiger partial charge on any atom is -0.300 e. The predicted octanol–water partition coefficient (Wildman–Crippen LogP) is 5.75. The second kappa shape index (κ2) is 6.67. The number of hydrogen-bond acceptors (Lipinski definition) is 2. The molecule has 0 heterocycles. The van der Waals surface area contributed by atoms with Gasteiger partial charge in [0.15, 0.2) is 5.78 Å². The topological polar surface area (TPSA) is 34.1 Å². The van der Waals surface area contributed by atoms with E-state index in [1.807, 2.05) is 6.08 Å². The third-order valence-corrected chi connectivity index (χ3v) is 8.46. The van der Waals surface area contributed by atoms with Crippen LogP contribution < -0.4 is 0 Å². The van der Waals surface area contributed by atoms with Crippen LogP contribution in [0, 0.1) is 34.5 Å². The molecule has 3 unspecified atom stereocenters. The highest BCUT2D eigenvalue weighted by Gasteiger charge is 2.57. The van der Waals surface area contributed by atoms with Crippen LogP contribution >= 0.6 is 0 Å². The number of fused-ring (bicyclic) bond motifs is 1. The van der Waals surface area contributed by atoms with Gasteiger partial charge >= 0.3 is 0 Å². The second-order valence-electron chi connectivity index (χ2n) is 9.66. The van der Waals surface area contributed by atoms with Gasteiger partial charge in [0.25, 0.3) is 0 Å². The zero-order valence-electron chi connectivity index (χ0n) is 16.9. The summed E-state index contributed by atoms with van der Waals surface area (Å²) in [4.78, 5) is 24.2. The van der Waals surface area contributed by atoms with Gasteiger partial charge in [-0.25, -0.2) is 0 Å². The third kappa shape index (κ3) is 2.94. The van der Waals surface area contributed by atoms with E-state index in [0.29, 0.717) is 35.7 Å². The van der Waals surface area contributed by atoms with Gasteiger partial charge < -0.3 is 0 Å². The maximum Gasteiger partial charge on any atom is 0.155 e. The number of carbonyl (C=O) groups excluding carboxylic acids is 2. The van der Waals surface area contributed by atoms with Gasteiger partial charge in [-0.2, -0.15) is 0 Å². The first-order valence-corrected chi connectivity index (χ1v) is 10.5. The summed E-state index contributed by atoms with van der Waals surface area (Å²) in [5.74, 6) is 2.96. The molecule has 3 aliphatic carbocycles. The minimum atomic E-state index is 0.180. The van der Waals surface area contributed by atoms with E-state index in [0.717, 1.165) is 25.7 Å². The maximum atomic E-state index is 12.2. The molecule has 25 heavy (non-hydrogen) atoms. The largest absolute Gasteiger partial charge is 0.300 e. The second-order valence-corrected chi connectivity index (χ2v) is 9.66. The Bertz CT molecular complexity index is 589. The first kappa shape index (κ1) is 18.9. The van der Waals surface area contributed by atoms with E-state index in [2.05, 4.69) is 27.7 Å². The SMILES string of the molecule is CCCC1=CC(=O)CC[C@]1(C)C1CC[C@@]2(C)C(CC[C@@H]2C(C)=O)C1C. The van der Waals surface area contributed by atoms with Crippen LogP contribution in [-0.2, 0) is 9.59 Å². The molecule has 0 radical (unpaired) electrons. The molecule has 3 aliphatic rings. The Kier molecular flexibility index (Phi) is 5.03. The van der Waals surface area contributed by atoms with Gasteiger partial charge in [-0.1, -0.05) is 39.7 Å². The number of Topliss-reactive ketones (excluding diaryl/α,β-unsaturated/α-hetero) is 1. The van der Waals surface area contributed by atoms with Crippen LogP contribution in [0.15, 0.2) is 11.6 Å². The summed E-state index contributed by atoms with van der Waals surface area (Å²) in [6.45, 7) is 11.3. The molecular weight excluding hydrogens is 308 g/mol. The lowest BCUT2D eigenvalue weighted by atomic mass is 9.50. The summed E-state index contributed by atoms with van der Waals surface area (Å²) in [7, 11) is 0. The van der Waals surface area contributed by atoms with E-state index < -0.39 is 0 Å². The first-order chi connectivity index (χ1) is 11.7. The molecule has 0 aliphatic heterocycles. The number of rotatable bonds is 4. The van der Waals surface area contributed by atoms with Crippen LogP contribution in [-0.4, -0.2) is 11.6 Å². The Morgan fingerprint density at radius 2 is 1.88 bits per heavy atom. The van der Waals surface area contributed by atoms with Crippen molar-refractivity contribution >= 4 is 11.6 Å². The molecule has 140 valence electrons. The van der Waals surface area contributed by atoms with Crippen molar-refractivity contribution in [2.75, 3.05) is 0 Å². The van der Waals surface area contributed by atoms with Gasteiger partial charge in [0, 0.05) is 12.3 Å². The van der Waals surface area contributed by atoms with E-state index in [1.54, 1.807) is 6.92 Å². The van der Waals surface area contributed by atoms with Gasteiger partial charge in [0.2, 0.25) is 0 Å². The fourth-order valence-electron chi connectivity index (χ4n) is 7.09. The molecular formula is C23H36O2. The van der Waals surface area contributed by atoms with Crippen molar-refractivity contribution in [1.29, 1.82) is 0 Å². The molecule has 0 N–H and O–H groups in total. The van der Waals surface area contributed by atoms with E-state index in [4.69, 9.17) is 0 Å². The molecule has 2 nitrogen and oxygen atoms in total. The molecule has 0 saturated heterocycles. The Hall–Kier alpha value is -0.920. The van der Waals surface area contributed by atoms with Gasteiger partial charge in [-0.05, 0) is 80.1 Å². The monoisotopic (exact) mass is 344 g/mol. The van der Waals surface area contributed by atoms with Gasteiger partial charge in [-0.15, -0.1) is 0 Å². The Labute approximate surface area is 153 Å². The van der Waals surface area contributed by atoms with Gasteiger partial charge in [0.1, 0.15) is 5.78 Å². The Morgan fingerprint density at radius 1 is 1.16 bits per heavy atom. The molecule has 0 aromatic rings. The van der Waals surface area contributed by atoms with Crippen molar-refractivity contribution in [3.63, 3.8) is 0 Å². The summed E-state index contributed by atoms with van der Waals surface area (Å²) >= 11 is 0. The van der Waals surface area contributed by atoms with Gasteiger partial charge in [0.05, 0.1) is 0 Å². The summed E-state index contributed by atoms with van der Waals surface area (Å²) in [6, 6.07) is 0. The van der Waals surface area contributed by atoms with E-state index >= 15 is 0 Å². The maximum absolute atomic E-state index is 12.2. The molecule has 0 spiro atoms. The molecule has 0 amide bonds. The van der Waals surface area contributed by atoms with Crippen LogP contribution in [0.4, 0.5) is 0 Å². The van der Waals surface area contributed by atoms with Crippen LogP contribution in [0.25, 0.3) is 0 Å². The average molecular weight is 345 g/mol. The molecule has 0 aromatic carbocycles. The summed E-state index contributed by atoms with van der Waals surface area (Å²) < 4.78 is 0. The van der Waals surface area contributed by atoms with Crippen molar-refractivity contribution in [2.24, 2.45) is 34.5 Å². The highest BCUT2D eigenvalue weighted by molar-refractivity contribution is 5.91. The zero-order chi connectivity index (χ0) is 18.4.